The van der Waals surface area contributed by atoms with Gasteiger partial charge in [-0.05, 0) is 12.5 Å². The Balaban J connectivity index is 1.84. The van der Waals surface area contributed by atoms with Gasteiger partial charge in [0.05, 0.1) is 17.4 Å². The Kier molecular flexibility index (Phi) is 6.22. The van der Waals surface area contributed by atoms with E-state index in [0.717, 1.165) is 5.56 Å². The number of carbonyl (C=O) groups excluding carboxylic acids is 2. The molecule has 0 aliphatic rings. The summed E-state index contributed by atoms with van der Waals surface area (Å²) in [7, 11) is 0. The van der Waals surface area contributed by atoms with Crippen LogP contribution in [-0.4, -0.2) is 23.4 Å². The van der Waals surface area contributed by atoms with Crippen LogP contribution in [0.5, 0.6) is 0 Å². The van der Waals surface area contributed by atoms with Crippen LogP contribution < -0.4 is 5.32 Å². The molecule has 0 aliphatic carbocycles. The summed E-state index contributed by atoms with van der Waals surface area (Å²) in [6.07, 6.45) is -0.265. The van der Waals surface area contributed by atoms with E-state index >= 15 is 0 Å². The zero-order chi connectivity index (χ0) is 18.2. The van der Waals surface area contributed by atoms with Crippen molar-refractivity contribution in [1.82, 2.24) is 5.32 Å². The number of nitrogens with one attached hydrogen (secondary N) is 1. The smallest absolute Gasteiger partial charge is 0.311 e. The number of hydrogen-bond acceptors (Lipinski definition) is 5. The molecule has 2 rings (SSSR count). The van der Waals surface area contributed by atoms with Crippen molar-refractivity contribution in [3.8, 4) is 0 Å². The van der Waals surface area contributed by atoms with Crippen LogP contribution in [0.3, 0.4) is 0 Å². The summed E-state index contributed by atoms with van der Waals surface area (Å²) in [5, 5.41) is 13.6. The van der Waals surface area contributed by atoms with Crippen LogP contribution in [0.15, 0.2) is 54.6 Å². The molecule has 0 aromatic heterocycles. The molecule has 0 unspecified atom stereocenters. The monoisotopic (exact) mass is 342 g/mol. The van der Waals surface area contributed by atoms with Gasteiger partial charge in [-0.2, -0.15) is 0 Å². The third-order valence-electron chi connectivity index (χ3n) is 3.56. The number of rotatable bonds is 7. The van der Waals surface area contributed by atoms with E-state index in [4.69, 9.17) is 4.74 Å². The molecule has 1 atom stereocenters. The van der Waals surface area contributed by atoms with Gasteiger partial charge in [-0.3, -0.25) is 19.7 Å². The van der Waals surface area contributed by atoms with E-state index in [-0.39, 0.29) is 23.7 Å². The maximum Gasteiger partial charge on any atom is 0.311 e. The third-order valence-corrected chi connectivity index (χ3v) is 3.56. The second kappa shape index (κ2) is 8.58. The van der Waals surface area contributed by atoms with Crippen molar-refractivity contribution >= 4 is 17.6 Å². The van der Waals surface area contributed by atoms with Crippen LogP contribution in [0.2, 0.25) is 0 Å². The van der Waals surface area contributed by atoms with E-state index in [2.05, 4.69) is 5.32 Å². The number of hydrogen-bond donors (Lipinski definition) is 1. The minimum absolute atomic E-state index is 0.151. The van der Waals surface area contributed by atoms with Crippen LogP contribution >= 0.6 is 0 Å². The first kappa shape index (κ1) is 18.1. The molecule has 0 heterocycles. The standard InChI is InChI=1S/C18H18N2O5/c1-13(14-7-3-2-4-8-14)19-17(21)12-25-18(22)11-15-9-5-6-10-16(15)20(23)24/h2-10,13H,11-12H2,1H3,(H,19,21)/t13-/m1/s1. The highest BCUT2D eigenvalue weighted by molar-refractivity contribution is 5.81. The van der Waals surface area contributed by atoms with E-state index < -0.39 is 23.4 Å². The number of para-hydroxylation sites is 1. The topological polar surface area (TPSA) is 98.5 Å². The minimum Gasteiger partial charge on any atom is -0.455 e. The number of amides is 1. The van der Waals surface area contributed by atoms with Gasteiger partial charge in [0, 0.05) is 11.6 Å². The Hall–Kier alpha value is -3.22. The zero-order valence-corrected chi connectivity index (χ0v) is 13.7. The summed E-state index contributed by atoms with van der Waals surface area (Å²) in [5.41, 5.74) is 1.03. The van der Waals surface area contributed by atoms with E-state index in [1.807, 2.05) is 37.3 Å². The molecular weight excluding hydrogens is 324 g/mol. The van der Waals surface area contributed by atoms with Gasteiger partial charge in [-0.1, -0.05) is 48.5 Å². The van der Waals surface area contributed by atoms with Gasteiger partial charge in [0.2, 0.25) is 0 Å². The molecule has 1 amide bonds. The van der Waals surface area contributed by atoms with Crippen molar-refractivity contribution in [3.05, 3.63) is 75.8 Å². The van der Waals surface area contributed by atoms with E-state index in [1.165, 1.54) is 18.2 Å². The number of nitrogens with zero attached hydrogens (tertiary/aromatic N) is 1. The van der Waals surface area contributed by atoms with Gasteiger partial charge in [-0.25, -0.2) is 0 Å². The molecule has 7 heteroatoms. The van der Waals surface area contributed by atoms with Gasteiger partial charge >= 0.3 is 5.97 Å². The molecule has 25 heavy (non-hydrogen) atoms. The SMILES string of the molecule is C[C@@H](NC(=O)COC(=O)Cc1ccccc1[N+](=O)[O-])c1ccccc1. The molecule has 0 radical (unpaired) electrons. The van der Waals surface area contributed by atoms with Gasteiger partial charge in [0.15, 0.2) is 6.61 Å². The molecule has 2 aromatic rings. The molecule has 0 saturated heterocycles. The quantitative estimate of drug-likeness (QED) is 0.474. The first-order valence-corrected chi connectivity index (χ1v) is 7.69. The lowest BCUT2D eigenvalue weighted by atomic mass is 10.1. The molecule has 0 bridgehead atoms. The van der Waals surface area contributed by atoms with Crippen molar-refractivity contribution in [2.24, 2.45) is 0 Å². The van der Waals surface area contributed by atoms with Gasteiger partial charge < -0.3 is 10.1 Å². The summed E-state index contributed by atoms with van der Waals surface area (Å²) < 4.78 is 4.91. The Labute approximate surface area is 144 Å². The van der Waals surface area contributed by atoms with Gasteiger partial charge in [0.25, 0.3) is 11.6 Å². The van der Waals surface area contributed by atoms with Crippen molar-refractivity contribution in [3.63, 3.8) is 0 Å². The Morgan fingerprint density at radius 2 is 1.76 bits per heavy atom. The molecule has 0 aliphatic heterocycles. The molecule has 0 spiro atoms. The highest BCUT2D eigenvalue weighted by atomic mass is 16.6. The van der Waals surface area contributed by atoms with Gasteiger partial charge in [-0.15, -0.1) is 0 Å². The number of nitro groups is 1. The predicted molar refractivity (Wildman–Crippen MR) is 90.8 cm³/mol. The first-order chi connectivity index (χ1) is 12.0. The van der Waals surface area contributed by atoms with Crippen LogP contribution in [0.4, 0.5) is 5.69 Å². The number of nitro benzene ring substituents is 1. The molecule has 0 fully saturated rings. The first-order valence-electron chi connectivity index (χ1n) is 7.69. The van der Waals surface area contributed by atoms with Crippen LogP contribution in [-0.2, 0) is 20.7 Å². The fraction of sp³-hybridized carbons (Fsp3) is 0.222. The van der Waals surface area contributed by atoms with Crippen molar-refractivity contribution in [2.75, 3.05) is 6.61 Å². The van der Waals surface area contributed by atoms with Crippen LogP contribution in [0.1, 0.15) is 24.1 Å². The van der Waals surface area contributed by atoms with Crippen molar-refractivity contribution < 1.29 is 19.2 Å². The summed E-state index contributed by atoms with van der Waals surface area (Å²) >= 11 is 0. The Morgan fingerprint density at radius 1 is 1.12 bits per heavy atom. The maximum atomic E-state index is 11.9. The maximum absolute atomic E-state index is 11.9. The van der Waals surface area contributed by atoms with Crippen LogP contribution in [0, 0.1) is 10.1 Å². The fourth-order valence-electron chi connectivity index (χ4n) is 2.30. The lowest BCUT2D eigenvalue weighted by Gasteiger charge is -2.14. The highest BCUT2D eigenvalue weighted by Gasteiger charge is 2.17. The molecule has 130 valence electrons. The van der Waals surface area contributed by atoms with Crippen molar-refractivity contribution in [1.29, 1.82) is 0 Å². The average molecular weight is 342 g/mol. The lowest BCUT2D eigenvalue weighted by Crippen LogP contribution is -2.31. The second-order valence-electron chi connectivity index (χ2n) is 5.42. The average Bonchev–Trinajstić information content (AvgIpc) is 2.61. The summed E-state index contributed by atoms with van der Waals surface area (Å²) in [6, 6.07) is 15.1. The predicted octanol–water partition coefficient (Wildman–Crippen LogP) is 2.56. The Bertz CT molecular complexity index is 761. The number of benzene rings is 2. The third kappa shape index (κ3) is 5.42. The normalized spacial score (nSPS) is 11.4. The van der Waals surface area contributed by atoms with E-state index in [0.29, 0.717) is 0 Å². The Morgan fingerprint density at radius 3 is 2.44 bits per heavy atom. The number of esters is 1. The second-order valence-corrected chi connectivity index (χ2v) is 5.42. The van der Waals surface area contributed by atoms with E-state index in [9.17, 15) is 19.7 Å². The highest BCUT2D eigenvalue weighted by Crippen LogP contribution is 2.18. The van der Waals surface area contributed by atoms with E-state index in [1.54, 1.807) is 6.07 Å². The summed E-state index contributed by atoms with van der Waals surface area (Å²) in [4.78, 5) is 34.0. The summed E-state index contributed by atoms with van der Waals surface area (Å²) in [6.45, 7) is 1.39. The largest absolute Gasteiger partial charge is 0.455 e. The number of carbonyl (C=O) groups is 2. The fourth-order valence-corrected chi connectivity index (χ4v) is 2.30. The molecule has 2 aromatic carbocycles. The molecular formula is C18H18N2O5. The molecule has 1 N–H and O–H groups in total. The zero-order valence-electron chi connectivity index (χ0n) is 13.7. The number of ether oxygens (including phenoxy) is 1. The van der Waals surface area contributed by atoms with Gasteiger partial charge in [0.1, 0.15) is 0 Å². The lowest BCUT2D eigenvalue weighted by molar-refractivity contribution is -0.385. The molecule has 7 nitrogen and oxygen atoms in total. The molecule has 0 saturated carbocycles. The summed E-state index contributed by atoms with van der Waals surface area (Å²) in [5.74, 6) is -1.14. The minimum atomic E-state index is -0.697. The van der Waals surface area contributed by atoms with Crippen LogP contribution in [0.25, 0.3) is 0 Å². The van der Waals surface area contributed by atoms with Crippen molar-refractivity contribution in [2.45, 2.75) is 19.4 Å².